The van der Waals surface area contributed by atoms with E-state index in [9.17, 15) is 0 Å². The van der Waals surface area contributed by atoms with Gasteiger partial charge in [0, 0.05) is 6.04 Å². The average molecular weight is 114 g/mol. The lowest BCUT2D eigenvalue weighted by Crippen LogP contribution is -2.29. The predicted octanol–water partition coefficient (Wildman–Crippen LogP) is -0.520. The zero-order valence-corrected chi connectivity index (χ0v) is 4.89. The largest absolute Gasteiger partial charge is 0.395 e. The Hall–Kier alpha value is -0.590. The van der Waals surface area contributed by atoms with Crippen LogP contribution in [0.25, 0.3) is 0 Å². The number of aliphatic hydroxyl groups excluding tert-OH is 1. The first-order valence-corrected chi connectivity index (χ1v) is 2.52. The van der Waals surface area contributed by atoms with Gasteiger partial charge in [-0.2, -0.15) is 5.26 Å². The molecule has 1 atom stereocenters. The van der Waals surface area contributed by atoms with Crippen LogP contribution >= 0.6 is 0 Å². The van der Waals surface area contributed by atoms with Gasteiger partial charge in [0.05, 0.1) is 19.2 Å². The van der Waals surface area contributed by atoms with Gasteiger partial charge in [-0.05, 0) is 6.92 Å². The topological polar surface area (TPSA) is 56.0 Å². The van der Waals surface area contributed by atoms with E-state index in [2.05, 4.69) is 5.32 Å². The van der Waals surface area contributed by atoms with E-state index in [1.165, 1.54) is 0 Å². The molecule has 0 amide bonds. The average Bonchev–Trinajstić information content (AvgIpc) is 1.83. The highest BCUT2D eigenvalue weighted by Crippen LogP contribution is 1.73. The molecule has 0 radical (unpaired) electrons. The summed E-state index contributed by atoms with van der Waals surface area (Å²) in [4.78, 5) is 0. The molecule has 0 aliphatic carbocycles. The van der Waals surface area contributed by atoms with Crippen LogP contribution in [0.4, 0.5) is 0 Å². The maximum atomic E-state index is 8.39. The first-order chi connectivity index (χ1) is 3.81. The monoisotopic (exact) mass is 114 g/mol. The summed E-state index contributed by atoms with van der Waals surface area (Å²) in [7, 11) is 0. The fraction of sp³-hybridized carbons (Fsp3) is 0.800. The molecule has 2 N–H and O–H groups in total. The van der Waals surface area contributed by atoms with Crippen molar-refractivity contribution in [3.8, 4) is 6.07 Å². The predicted molar refractivity (Wildman–Crippen MR) is 30.2 cm³/mol. The van der Waals surface area contributed by atoms with E-state index in [1.807, 2.05) is 13.0 Å². The molecule has 8 heavy (non-hydrogen) atoms. The molecule has 0 unspecified atom stereocenters. The molecule has 0 aliphatic rings. The van der Waals surface area contributed by atoms with Crippen molar-refractivity contribution in [2.24, 2.45) is 0 Å². The number of hydrogen-bond donors (Lipinski definition) is 2. The van der Waals surface area contributed by atoms with Crippen molar-refractivity contribution in [3.05, 3.63) is 0 Å². The first-order valence-electron chi connectivity index (χ1n) is 2.52. The number of nitrogens with one attached hydrogen (secondary N) is 1. The third-order valence-electron chi connectivity index (χ3n) is 0.803. The minimum absolute atomic E-state index is 0.0367. The van der Waals surface area contributed by atoms with E-state index in [0.29, 0.717) is 6.54 Å². The van der Waals surface area contributed by atoms with Gasteiger partial charge in [-0.3, -0.25) is 5.32 Å². The number of aliphatic hydroxyl groups is 1. The van der Waals surface area contributed by atoms with Crippen molar-refractivity contribution in [3.63, 3.8) is 0 Å². The Kier molecular flexibility index (Phi) is 4.23. The zero-order chi connectivity index (χ0) is 6.41. The standard InChI is InChI=1S/C5H10N2O/c1-5(4-8)7-3-2-6/h5,7-8H,3-4H2,1H3/t5-/m0/s1. The Labute approximate surface area is 48.9 Å². The Balaban J connectivity index is 3.01. The van der Waals surface area contributed by atoms with Crippen LogP contribution in [-0.2, 0) is 0 Å². The fourth-order valence-corrected chi connectivity index (χ4v) is 0.284. The molecular weight excluding hydrogens is 104 g/mol. The van der Waals surface area contributed by atoms with Gasteiger partial charge in [0.1, 0.15) is 0 Å². The van der Waals surface area contributed by atoms with Crippen LogP contribution < -0.4 is 5.32 Å². The second-order valence-corrected chi connectivity index (χ2v) is 1.62. The molecule has 0 bridgehead atoms. The van der Waals surface area contributed by atoms with Crippen molar-refractivity contribution in [2.75, 3.05) is 13.2 Å². The van der Waals surface area contributed by atoms with Crippen LogP contribution in [0.5, 0.6) is 0 Å². The van der Waals surface area contributed by atoms with Gasteiger partial charge in [0.2, 0.25) is 0 Å². The smallest absolute Gasteiger partial charge is 0.0843 e. The third-order valence-corrected chi connectivity index (χ3v) is 0.803. The summed E-state index contributed by atoms with van der Waals surface area (Å²) in [6, 6.07) is 1.95. The SMILES string of the molecule is C[C@@H](CO)NCC#N. The van der Waals surface area contributed by atoms with E-state index in [4.69, 9.17) is 10.4 Å². The third kappa shape index (κ3) is 3.59. The molecule has 0 rings (SSSR count). The normalized spacial score (nSPS) is 12.6. The van der Waals surface area contributed by atoms with Crippen molar-refractivity contribution in [1.82, 2.24) is 5.32 Å². The summed E-state index contributed by atoms with van der Waals surface area (Å²) in [5.74, 6) is 0. The summed E-state index contributed by atoms with van der Waals surface area (Å²) in [5.41, 5.74) is 0. The molecule has 3 nitrogen and oxygen atoms in total. The summed E-state index contributed by atoms with van der Waals surface area (Å²) in [6.07, 6.45) is 0. The van der Waals surface area contributed by atoms with E-state index >= 15 is 0 Å². The molecule has 0 aliphatic heterocycles. The Morgan fingerprint density at radius 3 is 2.88 bits per heavy atom. The Morgan fingerprint density at radius 2 is 2.50 bits per heavy atom. The molecule has 0 fully saturated rings. The van der Waals surface area contributed by atoms with Crippen LogP contribution in [0.2, 0.25) is 0 Å². The molecule has 0 aromatic rings. The Morgan fingerprint density at radius 1 is 1.88 bits per heavy atom. The van der Waals surface area contributed by atoms with Crippen molar-refractivity contribution >= 4 is 0 Å². The molecule has 0 aromatic carbocycles. The van der Waals surface area contributed by atoms with E-state index < -0.39 is 0 Å². The highest BCUT2D eigenvalue weighted by Gasteiger charge is 1.93. The summed E-state index contributed by atoms with van der Waals surface area (Å²) in [5, 5.41) is 19.2. The lowest BCUT2D eigenvalue weighted by molar-refractivity contribution is 0.255. The highest BCUT2D eigenvalue weighted by atomic mass is 16.3. The minimum atomic E-state index is 0.0367. The van der Waals surface area contributed by atoms with Gasteiger partial charge >= 0.3 is 0 Å². The van der Waals surface area contributed by atoms with E-state index in [-0.39, 0.29) is 12.6 Å². The lowest BCUT2D eigenvalue weighted by atomic mass is 10.4. The number of rotatable bonds is 3. The molecule has 46 valence electrons. The maximum absolute atomic E-state index is 8.39. The fourth-order valence-electron chi connectivity index (χ4n) is 0.284. The molecule has 0 spiro atoms. The van der Waals surface area contributed by atoms with Gasteiger partial charge in [0.25, 0.3) is 0 Å². The van der Waals surface area contributed by atoms with Crippen molar-refractivity contribution in [1.29, 1.82) is 5.26 Å². The van der Waals surface area contributed by atoms with Crippen molar-refractivity contribution < 1.29 is 5.11 Å². The zero-order valence-electron chi connectivity index (χ0n) is 4.89. The Bertz CT molecular complexity index is 86.9. The quantitative estimate of drug-likeness (QED) is 0.485. The second kappa shape index (κ2) is 4.57. The molecule has 0 heterocycles. The highest BCUT2D eigenvalue weighted by molar-refractivity contribution is 4.74. The van der Waals surface area contributed by atoms with E-state index in [1.54, 1.807) is 0 Å². The van der Waals surface area contributed by atoms with Gasteiger partial charge in [-0.1, -0.05) is 0 Å². The summed E-state index contributed by atoms with van der Waals surface area (Å²) >= 11 is 0. The maximum Gasteiger partial charge on any atom is 0.0843 e. The number of nitrogens with zero attached hydrogens (tertiary/aromatic N) is 1. The minimum Gasteiger partial charge on any atom is -0.395 e. The van der Waals surface area contributed by atoms with Gasteiger partial charge in [0.15, 0.2) is 0 Å². The summed E-state index contributed by atoms with van der Waals surface area (Å²) in [6.45, 7) is 2.21. The molecule has 3 heteroatoms. The second-order valence-electron chi connectivity index (χ2n) is 1.62. The van der Waals surface area contributed by atoms with E-state index in [0.717, 1.165) is 0 Å². The van der Waals surface area contributed by atoms with Crippen LogP contribution in [0.15, 0.2) is 0 Å². The van der Waals surface area contributed by atoms with Gasteiger partial charge < -0.3 is 5.11 Å². The van der Waals surface area contributed by atoms with Crippen LogP contribution in [0.3, 0.4) is 0 Å². The number of nitriles is 1. The molecule has 0 aromatic heterocycles. The van der Waals surface area contributed by atoms with Gasteiger partial charge in [-0.25, -0.2) is 0 Å². The lowest BCUT2D eigenvalue weighted by Gasteiger charge is -2.04. The molecular formula is C5H10N2O. The summed E-state index contributed by atoms with van der Waals surface area (Å²) < 4.78 is 0. The molecule has 0 saturated heterocycles. The van der Waals surface area contributed by atoms with Gasteiger partial charge in [-0.15, -0.1) is 0 Å². The first kappa shape index (κ1) is 7.41. The molecule has 0 saturated carbocycles. The van der Waals surface area contributed by atoms with Crippen LogP contribution in [-0.4, -0.2) is 24.3 Å². The van der Waals surface area contributed by atoms with Crippen LogP contribution in [0, 0.1) is 11.3 Å². The number of hydrogen-bond acceptors (Lipinski definition) is 3. The van der Waals surface area contributed by atoms with Crippen LogP contribution in [0.1, 0.15) is 6.92 Å². The van der Waals surface area contributed by atoms with Crippen molar-refractivity contribution in [2.45, 2.75) is 13.0 Å².